The fourth-order valence-corrected chi connectivity index (χ4v) is 4.20. The van der Waals surface area contributed by atoms with Gasteiger partial charge < -0.3 is 4.74 Å². The molecule has 0 fully saturated rings. The summed E-state index contributed by atoms with van der Waals surface area (Å²) >= 11 is 5.46. The summed E-state index contributed by atoms with van der Waals surface area (Å²) in [5, 5.41) is 7.40. The molecule has 0 spiro atoms. The maximum absolute atomic E-state index is 5.46. The van der Waals surface area contributed by atoms with Crippen molar-refractivity contribution in [2.75, 3.05) is 7.11 Å². The molecule has 0 unspecified atom stereocenters. The van der Waals surface area contributed by atoms with Gasteiger partial charge in [0.25, 0.3) is 0 Å². The normalized spacial score (nSPS) is 11.0. The molecule has 0 atom stereocenters. The number of methoxy groups -OCH3 is 1. The van der Waals surface area contributed by atoms with Crippen LogP contribution in [0.25, 0.3) is 5.69 Å². The summed E-state index contributed by atoms with van der Waals surface area (Å²) in [5.41, 5.74) is 3.82. The molecule has 1 heterocycles. The average molecular weight is 438 g/mol. The zero-order valence-corrected chi connectivity index (χ0v) is 19.7. The van der Waals surface area contributed by atoms with Crippen molar-refractivity contribution in [3.63, 3.8) is 0 Å². The molecule has 166 valence electrons. The number of nitrogens with zero attached hydrogens (tertiary/aromatic N) is 2. The van der Waals surface area contributed by atoms with Crippen molar-refractivity contribution in [1.29, 1.82) is 0 Å². The molecular weight excluding hydrogens is 402 g/mol. The van der Waals surface area contributed by atoms with Crippen molar-refractivity contribution in [2.45, 2.75) is 71.1 Å². The summed E-state index contributed by atoms with van der Waals surface area (Å²) in [6.45, 7) is 2.27. The van der Waals surface area contributed by atoms with Crippen LogP contribution in [0.15, 0.2) is 48.5 Å². The topological polar surface area (TPSA) is 42.8 Å². The van der Waals surface area contributed by atoms with Crippen molar-refractivity contribution in [2.24, 2.45) is 0 Å². The number of aromatic amines is 1. The van der Waals surface area contributed by atoms with E-state index in [1.807, 2.05) is 28.8 Å². The van der Waals surface area contributed by atoms with Gasteiger partial charge in [-0.25, -0.2) is 0 Å². The largest absolute Gasteiger partial charge is 0.497 e. The highest BCUT2D eigenvalue weighted by Crippen LogP contribution is 2.19. The zero-order valence-electron chi connectivity index (χ0n) is 18.9. The van der Waals surface area contributed by atoms with E-state index in [1.54, 1.807) is 7.11 Å². The molecule has 4 nitrogen and oxygen atoms in total. The number of rotatable bonds is 13. The molecule has 31 heavy (non-hydrogen) atoms. The predicted molar refractivity (Wildman–Crippen MR) is 131 cm³/mol. The number of benzene rings is 2. The van der Waals surface area contributed by atoms with E-state index in [2.05, 4.69) is 41.4 Å². The third-order valence-corrected chi connectivity index (χ3v) is 6.04. The number of hydrogen-bond acceptors (Lipinski definition) is 3. The molecule has 1 aromatic heterocycles. The molecule has 2 aromatic carbocycles. The van der Waals surface area contributed by atoms with E-state index in [1.165, 1.54) is 56.1 Å². The molecule has 5 heteroatoms. The smallest absolute Gasteiger partial charge is 0.199 e. The summed E-state index contributed by atoms with van der Waals surface area (Å²) < 4.78 is 7.96. The molecule has 3 aromatic rings. The lowest BCUT2D eigenvalue weighted by Crippen LogP contribution is -2.03. The van der Waals surface area contributed by atoms with Crippen LogP contribution in [0.3, 0.4) is 0 Å². The van der Waals surface area contributed by atoms with Crippen LogP contribution in [0.5, 0.6) is 5.75 Å². The quantitative estimate of drug-likeness (QED) is 0.231. The van der Waals surface area contributed by atoms with E-state index in [9.17, 15) is 0 Å². The first-order valence-corrected chi connectivity index (χ1v) is 12.0. The molecule has 0 aliphatic rings. The minimum Gasteiger partial charge on any atom is -0.497 e. The number of H-pyrrole nitrogens is 1. The van der Waals surface area contributed by atoms with Crippen LogP contribution in [0.4, 0.5) is 0 Å². The van der Waals surface area contributed by atoms with Gasteiger partial charge in [-0.3, -0.25) is 9.67 Å². The monoisotopic (exact) mass is 437 g/mol. The Morgan fingerprint density at radius 2 is 1.55 bits per heavy atom. The van der Waals surface area contributed by atoms with Gasteiger partial charge in [0.15, 0.2) is 4.77 Å². The Bertz CT molecular complexity index is 975. The lowest BCUT2D eigenvalue weighted by atomic mass is 10.0. The summed E-state index contributed by atoms with van der Waals surface area (Å²) in [6.07, 6.45) is 12.2. The molecule has 0 amide bonds. The van der Waals surface area contributed by atoms with Crippen molar-refractivity contribution < 1.29 is 4.74 Å². The predicted octanol–water partition coefficient (Wildman–Crippen LogP) is 7.02. The fraction of sp³-hybridized carbons (Fsp3) is 0.462. The molecule has 3 rings (SSSR count). The highest BCUT2D eigenvalue weighted by molar-refractivity contribution is 7.71. The number of unbranched alkanes of at least 4 members (excludes halogenated alkanes) is 5. The Balaban J connectivity index is 1.49. The standard InChI is InChI=1S/C26H35N3OS/c1-3-4-5-6-7-8-11-21-16-18-22(19-17-21)12-9-15-25-27-28-26(31)29(25)23-13-10-14-24(20-23)30-2/h10,13-14,16-20H,3-9,11-12,15H2,1-2H3,(H,28,31). The van der Waals surface area contributed by atoms with Gasteiger partial charge in [0.2, 0.25) is 0 Å². The van der Waals surface area contributed by atoms with Crippen LogP contribution in [0, 0.1) is 4.77 Å². The van der Waals surface area contributed by atoms with E-state index in [0.29, 0.717) is 4.77 Å². The fourth-order valence-electron chi connectivity index (χ4n) is 3.95. The minimum absolute atomic E-state index is 0.613. The summed E-state index contributed by atoms with van der Waals surface area (Å²) in [6, 6.07) is 17.1. The molecule has 0 radical (unpaired) electrons. The molecule has 1 N–H and O–H groups in total. The van der Waals surface area contributed by atoms with Crippen LogP contribution in [0.2, 0.25) is 0 Å². The van der Waals surface area contributed by atoms with E-state index < -0.39 is 0 Å². The van der Waals surface area contributed by atoms with Crippen LogP contribution in [-0.2, 0) is 19.3 Å². The summed E-state index contributed by atoms with van der Waals surface area (Å²) in [7, 11) is 1.67. The van der Waals surface area contributed by atoms with Crippen molar-refractivity contribution in [1.82, 2.24) is 14.8 Å². The van der Waals surface area contributed by atoms with Gasteiger partial charge in [0.05, 0.1) is 12.8 Å². The second-order valence-corrected chi connectivity index (χ2v) is 8.56. The molecule has 0 saturated heterocycles. The number of nitrogens with one attached hydrogen (secondary N) is 1. The zero-order chi connectivity index (χ0) is 21.9. The first-order valence-electron chi connectivity index (χ1n) is 11.6. The highest BCUT2D eigenvalue weighted by atomic mass is 32.1. The number of hydrogen-bond donors (Lipinski definition) is 1. The number of aromatic nitrogens is 3. The van der Waals surface area contributed by atoms with Gasteiger partial charge in [0, 0.05) is 12.5 Å². The Morgan fingerprint density at radius 1 is 0.871 bits per heavy atom. The Morgan fingerprint density at radius 3 is 2.26 bits per heavy atom. The molecular formula is C26H35N3OS. The Labute approximate surface area is 191 Å². The first kappa shape index (κ1) is 23.3. The molecule has 0 aliphatic carbocycles. The van der Waals surface area contributed by atoms with Crippen LogP contribution < -0.4 is 4.74 Å². The maximum atomic E-state index is 5.46. The van der Waals surface area contributed by atoms with Gasteiger partial charge in [-0.15, -0.1) is 0 Å². The van der Waals surface area contributed by atoms with Crippen molar-refractivity contribution in [3.05, 3.63) is 70.3 Å². The van der Waals surface area contributed by atoms with Gasteiger partial charge in [-0.1, -0.05) is 69.4 Å². The summed E-state index contributed by atoms with van der Waals surface area (Å²) in [4.78, 5) is 0. The SMILES string of the molecule is CCCCCCCCc1ccc(CCCc2n[nH]c(=S)n2-c2cccc(OC)c2)cc1. The lowest BCUT2D eigenvalue weighted by Gasteiger charge is -2.09. The van der Waals surface area contributed by atoms with Crippen LogP contribution in [-0.4, -0.2) is 21.9 Å². The van der Waals surface area contributed by atoms with E-state index in [4.69, 9.17) is 17.0 Å². The highest BCUT2D eigenvalue weighted by Gasteiger charge is 2.09. The third-order valence-electron chi connectivity index (χ3n) is 5.76. The van der Waals surface area contributed by atoms with Crippen molar-refractivity contribution >= 4 is 12.2 Å². The van der Waals surface area contributed by atoms with E-state index >= 15 is 0 Å². The van der Waals surface area contributed by atoms with E-state index in [0.717, 1.165) is 36.5 Å². The van der Waals surface area contributed by atoms with Crippen molar-refractivity contribution in [3.8, 4) is 11.4 Å². The van der Waals surface area contributed by atoms with Gasteiger partial charge in [-0.05, 0) is 61.2 Å². The minimum atomic E-state index is 0.613. The van der Waals surface area contributed by atoms with Gasteiger partial charge in [-0.2, -0.15) is 5.10 Å². The number of ether oxygens (including phenoxy) is 1. The van der Waals surface area contributed by atoms with Crippen LogP contribution >= 0.6 is 12.2 Å². The molecule has 0 saturated carbocycles. The average Bonchev–Trinajstić information content (AvgIpc) is 3.17. The van der Waals surface area contributed by atoms with E-state index in [-0.39, 0.29) is 0 Å². The maximum Gasteiger partial charge on any atom is 0.199 e. The Hall–Kier alpha value is -2.40. The second-order valence-electron chi connectivity index (χ2n) is 8.17. The first-order chi connectivity index (χ1) is 15.2. The molecule has 0 bridgehead atoms. The van der Waals surface area contributed by atoms with Gasteiger partial charge >= 0.3 is 0 Å². The molecule has 0 aliphatic heterocycles. The number of aryl methyl sites for hydroxylation is 3. The van der Waals surface area contributed by atoms with Crippen LogP contribution in [0.1, 0.15) is 68.8 Å². The second kappa shape index (κ2) is 12.5. The summed E-state index contributed by atoms with van der Waals surface area (Å²) in [5.74, 6) is 1.77. The Kier molecular flexibility index (Phi) is 9.35. The van der Waals surface area contributed by atoms with Gasteiger partial charge in [0.1, 0.15) is 11.6 Å². The lowest BCUT2D eigenvalue weighted by molar-refractivity contribution is 0.414. The third kappa shape index (κ3) is 7.06.